The Labute approximate surface area is 149 Å². The predicted molar refractivity (Wildman–Crippen MR) is 95.9 cm³/mol. The summed E-state index contributed by atoms with van der Waals surface area (Å²) in [5.74, 6) is 0.133. The molecule has 0 spiro atoms. The largest absolute Gasteiger partial charge is 0.494 e. The van der Waals surface area contributed by atoms with Gasteiger partial charge in [-0.05, 0) is 50.8 Å². The van der Waals surface area contributed by atoms with Crippen molar-refractivity contribution in [3.8, 4) is 5.75 Å². The number of hydrogen-bond donors (Lipinski definition) is 2. The molecule has 0 saturated heterocycles. The van der Waals surface area contributed by atoms with Gasteiger partial charge in [0.15, 0.2) is 0 Å². The molecule has 0 radical (unpaired) electrons. The third-order valence-corrected chi connectivity index (χ3v) is 3.29. The molecule has 0 heterocycles. The molecule has 1 aromatic rings. The molecular weight excluding hydrogens is 322 g/mol. The number of benzene rings is 1. The summed E-state index contributed by atoms with van der Waals surface area (Å²) in [6, 6.07) is 6.18. The van der Waals surface area contributed by atoms with Crippen molar-refractivity contribution in [1.29, 1.82) is 0 Å². The minimum absolute atomic E-state index is 0.149. The van der Waals surface area contributed by atoms with Gasteiger partial charge < -0.3 is 19.9 Å². The highest BCUT2D eigenvalue weighted by Gasteiger charge is 2.24. The van der Waals surface area contributed by atoms with Gasteiger partial charge in [-0.3, -0.25) is 0 Å². The van der Waals surface area contributed by atoms with Crippen molar-refractivity contribution in [3.63, 3.8) is 0 Å². The number of carboxylic acid groups (broad SMARTS) is 1. The average molecular weight is 351 g/mol. The number of aliphatic carboxylic acids is 1. The van der Waals surface area contributed by atoms with Gasteiger partial charge in [0.25, 0.3) is 0 Å². The second-order valence-corrected chi connectivity index (χ2v) is 7.42. The third-order valence-electron chi connectivity index (χ3n) is 3.29. The molecule has 25 heavy (non-hydrogen) atoms. The molecule has 1 aromatic carbocycles. The van der Waals surface area contributed by atoms with Crippen LogP contribution in [0, 0.1) is 5.92 Å². The molecule has 2 N–H and O–H groups in total. The fraction of sp³-hybridized carbons (Fsp3) is 0.579. The standard InChI is InChI=1S/C19H29NO5/c1-13(2)9-10-24-15-8-6-7-14(11-15)12-16(17(21)22)20-18(23)25-19(3,4)5/h6-8,11,13,16H,9-10,12H2,1-5H3,(H,20,23)(H,21,22). The van der Waals surface area contributed by atoms with Gasteiger partial charge >= 0.3 is 12.1 Å². The van der Waals surface area contributed by atoms with Crippen LogP contribution in [0.5, 0.6) is 5.75 Å². The van der Waals surface area contributed by atoms with E-state index in [4.69, 9.17) is 9.47 Å². The fourth-order valence-corrected chi connectivity index (χ4v) is 2.06. The van der Waals surface area contributed by atoms with E-state index < -0.39 is 23.7 Å². The Kier molecular flexibility index (Phi) is 7.74. The van der Waals surface area contributed by atoms with Crippen LogP contribution in [-0.2, 0) is 16.0 Å². The highest BCUT2D eigenvalue weighted by atomic mass is 16.6. The number of amides is 1. The lowest BCUT2D eigenvalue weighted by molar-refractivity contribution is -0.139. The summed E-state index contributed by atoms with van der Waals surface area (Å²) in [7, 11) is 0. The van der Waals surface area contributed by atoms with Crippen LogP contribution in [0.2, 0.25) is 0 Å². The lowest BCUT2D eigenvalue weighted by Crippen LogP contribution is -2.44. The Morgan fingerprint density at radius 1 is 1.24 bits per heavy atom. The minimum atomic E-state index is -1.11. The van der Waals surface area contributed by atoms with Crippen LogP contribution >= 0.6 is 0 Å². The average Bonchev–Trinajstić information content (AvgIpc) is 2.44. The van der Waals surface area contributed by atoms with E-state index in [2.05, 4.69) is 19.2 Å². The molecule has 0 aliphatic carbocycles. The maximum atomic E-state index is 11.8. The first-order chi connectivity index (χ1) is 11.6. The summed E-state index contributed by atoms with van der Waals surface area (Å²) in [6.07, 6.45) is 0.349. The summed E-state index contributed by atoms with van der Waals surface area (Å²) in [5, 5.41) is 11.7. The van der Waals surface area contributed by atoms with E-state index in [1.807, 2.05) is 18.2 Å². The second kappa shape index (κ2) is 9.30. The van der Waals surface area contributed by atoms with E-state index in [0.717, 1.165) is 12.0 Å². The topological polar surface area (TPSA) is 84.9 Å². The monoisotopic (exact) mass is 351 g/mol. The second-order valence-electron chi connectivity index (χ2n) is 7.42. The maximum Gasteiger partial charge on any atom is 0.408 e. The molecule has 0 aromatic heterocycles. The smallest absolute Gasteiger partial charge is 0.408 e. The van der Waals surface area contributed by atoms with Crippen LogP contribution in [0.4, 0.5) is 4.79 Å². The zero-order chi connectivity index (χ0) is 19.0. The van der Waals surface area contributed by atoms with Crippen LogP contribution in [0.15, 0.2) is 24.3 Å². The van der Waals surface area contributed by atoms with Crippen LogP contribution in [0.25, 0.3) is 0 Å². The summed E-state index contributed by atoms with van der Waals surface area (Å²) in [5.41, 5.74) is 0.0858. The molecule has 0 aliphatic rings. The molecule has 0 aliphatic heterocycles. The molecular formula is C19H29NO5. The normalized spacial score (nSPS) is 12.6. The molecule has 140 valence electrons. The Balaban J connectivity index is 2.69. The van der Waals surface area contributed by atoms with Gasteiger partial charge in [0.05, 0.1) is 6.61 Å². The molecule has 0 fully saturated rings. The molecule has 0 bridgehead atoms. The van der Waals surface area contributed by atoms with Crippen molar-refractivity contribution < 1.29 is 24.2 Å². The van der Waals surface area contributed by atoms with Crippen molar-refractivity contribution in [1.82, 2.24) is 5.32 Å². The van der Waals surface area contributed by atoms with Gasteiger partial charge in [0, 0.05) is 6.42 Å². The molecule has 1 unspecified atom stereocenters. The zero-order valence-corrected chi connectivity index (χ0v) is 15.7. The summed E-state index contributed by atoms with van der Waals surface area (Å²) < 4.78 is 10.8. The molecule has 0 saturated carbocycles. The third kappa shape index (κ3) is 8.98. The van der Waals surface area contributed by atoms with Gasteiger partial charge in [-0.25, -0.2) is 9.59 Å². The molecule has 1 atom stereocenters. The number of nitrogens with one attached hydrogen (secondary N) is 1. The highest BCUT2D eigenvalue weighted by molar-refractivity contribution is 5.80. The zero-order valence-electron chi connectivity index (χ0n) is 15.7. The van der Waals surface area contributed by atoms with Crippen LogP contribution in [-0.4, -0.2) is 35.4 Å². The van der Waals surface area contributed by atoms with Crippen LogP contribution in [0.3, 0.4) is 0 Å². The van der Waals surface area contributed by atoms with E-state index >= 15 is 0 Å². The summed E-state index contributed by atoms with van der Waals surface area (Å²) in [4.78, 5) is 23.2. The first-order valence-corrected chi connectivity index (χ1v) is 8.51. The summed E-state index contributed by atoms with van der Waals surface area (Å²) >= 11 is 0. The van der Waals surface area contributed by atoms with E-state index in [-0.39, 0.29) is 6.42 Å². The highest BCUT2D eigenvalue weighted by Crippen LogP contribution is 2.16. The van der Waals surface area contributed by atoms with E-state index in [1.54, 1.807) is 26.8 Å². The molecule has 6 heteroatoms. The first-order valence-electron chi connectivity index (χ1n) is 8.51. The van der Waals surface area contributed by atoms with Crippen molar-refractivity contribution in [2.45, 2.75) is 59.1 Å². The molecule has 6 nitrogen and oxygen atoms in total. The molecule has 1 amide bonds. The number of carboxylic acids is 1. The Morgan fingerprint density at radius 3 is 2.48 bits per heavy atom. The number of hydrogen-bond acceptors (Lipinski definition) is 4. The first kappa shape index (κ1) is 20.8. The number of carbonyl (C=O) groups excluding carboxylic acids is 1. The van der Waals surface area contributed by atoms with E-state index in [9.17, 15) is 14.7 Å². The minimum Gasteiger partial charge on any atom is -0.494 e. The van der Waals surface area contributed by atoms with Crippen molar-refractivity contribution >= 4 is 12.1 Å². The fourth-order valence-electron chi connectivity index (χ4n) is 2.06. The van der Waals surface area contributed by atoms with Crippen LogP contribution < -0.4 is 10.1 Å². The van der Waals surface area contributed by atoms with Crippen molar-refractivity contribution in [3.05, 3.63) is 29.8 Å². The number of ether oxygens (including phenoxy) is 2. The summed E-state index contributed by atoms with van der Waals surface area (Å²) in [6.45, 7) is 10.0. The van der Waals surface area contributed by atoms with Gasteiger partial charge in [-0.2, -0.15) is 0 Å². The lowest BCUT2D eigenvalue weighted by atomic mass is 10.1. The van der Waals surface area contributed by atoms with Gasteiger partial charge in [0.2, 0.25) is 0 Å². The van der Waals surface area contributed by atoms with Gasteiger partial charge in [-0.1, -0.05) is 26.0 Å². The van der Waals surface area contributed by atoms with Gasteiger partial charge in [0.1, 0.15) is 17.4 Å². The number of carbonyl (C=O) groups is 2. The van der Waals surface area contributed by atoms with E-state index in [0.29, 0.717) is 18.3 Å². The number of alkyl carbamates (subject to hydrolysis) is 1. The van der Waals surface area contributed by atoms with Crippen molar-refractivity contribution in [2.24, 2.45) is 5.92 Å². The van der Waals surface area contributed by atoms with Crippen molar-refractivity contribution in [2.75, 3.05) is 6.61 Å². The number of rotatable bonds is 8. The molecule has 1 rings (SSSR count). The van der Waals surface area contributed by atoms with Crippen LogP contribution in [0.1, 0.15) is 46.6 Å². The SMILES string of the molecule is CC(C)CCOc1cccc(CC(NC(=O)OC(C)(C)C)C(=O)O)c1. The van der Waals surface area contributed by atoms with Gasteiger partial charge in [-0.15, -0.1) is 0 Å². The Hall–Kier alpha value is -2.24. The predicted octanol–water partition coefficient (Wildman–Crippen LogP) is 3.63. The lowest BCUT2D eigenvalue weighted by Gasteiger charge is -2.22. The quantitative estimate of drug-likeness (QED) is 0.747. The maximum absolute atomic E-state index is 11.8. The Morgan fingerprint density at radius 2 is 1.92 bits per heavy atom. The Bertz CT molecular complexity index is 577. The van der Waals surface area contributed by atoms with E-state index in [1.165, 1.54) is 0 Å².